The van der Waals surface area contributed by atoms with Crippen LogP contribution in [0.2, 0.25) is 0 Å². The number of aromatic amines is 1. The van der Waals surface area contributed by atoms with Crippen molar-refractivity contribution in [2.75, 3.05) is 35.0 Å². The summed E-state index contributed by atoms with van der Waals surface area (Å²) in [5, 5.41) is 0.757. The average molecular weight is 448 g/mol. The van der Waals surface area contributed by atoms with E-state index in [4.69, 9.17) is 18.9 Å². The highest BCUT2D eigenvalue weighted by atomic mass is 16.5. The summed E-state index contributed by atoms with van der Waals surface area (Å²) >= 11 is 0. The van der Waals surface area contributed by atoms with Gasteiger partial charge in [0.15, 0.2) is 17.3 Å². The molecule has 5 rings (SSSR count). The summed E-state index contributed by atoms with van der Waals surface area (Å²) in [4.78, 5) is 31.2. The van der Waals surface area contributed by atoms with E-state index in [0.717, 1.165) is 17.4 Å². The number of allylic oxidation sites excluding steroid dienone is 2. The lowest BCUT2D eigenvalue weighted by Crippen LogP contribution is -2.29. The van der Waals surface area contributed by atoms with Gasteiger partial charge in [0, 0.05) is 35.2 Å². The third-order valence-electron chi connectivity index (χ3n) is 6.38. The quantitative estimate of drug-likeness (QED) is 0.637. The van der Waals surface area contributed by atoms with Crippen LogP contribution in [0.25, 0.3) is 10.9 Å². The summed E-state index contributed by atoms with van der Waals surface area (Å²) < 4.78 is 21.8. The van der Waals surface area contributed by atoms with Crippen LogP contribution in [0.15, 0.2) is 42.1 Å². The standard InChI is InChI=1S/C25H24N2O6/c1-30-14-5-6-16-17(11-14)15-7-8-27(19(15)12-20(16)28)25(29)18-9-13-10-21(31-2)23(32-3)24(33-4)22(13)26-18/h5-6,9-12,15,26H,7-8H2,1-4H3. The number of fused-ring (bicyclic) bond motifs is 4. The number of rotatable bonds is 5. The minimum absolute atomic E-state index is 0.0316. The molecule has 8 heteroatoms. The number of nitrogens with zero attached hydrogens (tertiary/aromatic N) is 1. The number of carbonyl (C=O) groups is 2. The first-order valence-corrected chi connectivity index (χ1v) is 10.6. The predicted molar refractivity (Wildman–Crippen MR) is 122 cm³/mol. The minimum Gasteiger partial charge on any atom is -0.497 e. The van der Waals surface area contributed by atoms with Crippen molar-refractivity contribution in [3.05, 3.63) is 58.9 Å². The molecule has 1 saturated heterocycles. The highest BCUT2D eigenvalue weighted by Crippen LogP contribution is 2.45. The molecule has 3 aromatic rings. The van der Waals surface area contributed by atoms with Crippen LogP contribution in [0.3, 0.4) is 0 Å². The van der Waals surface area contributed by atoms with Crippen molar-refractivity contribution in [1.82, 2.24) is 9.88 Å². The molecular formula is C25H24N2O6. The van der Waals surface area contributed by atoms with E-state index in [9.17, 15) is 9.59 Å². The Kier molecular flexibility index (Phi) is 5.00. The molecule has 0 saturated carbocycles. The summed E-state index contributed by atoms with van der Waals surface area (Å²) in [6.07, 6.45) is 2.32. The summed E-state index contributed by atoms with van der Waals surface area (Å²) in [7, 11) is 6.21. The van der Waals surface area contributed by atoms with Gasteiger partial charge < -0.3 is 28.8 Å². The second-order valence-corrected chi connectivity index (χ2v) is 7.98. The maximum Gasteiger partial charge on any atom is 0.274 e. The number of carbonyl (C=O) groups excluding carboxylic acids is 2. The van der Waals surface area contributed by atoms with Crippen molar-refractivity contribution in [3.63, 3.8) is 0 Å². The Balaban J connectivity index is 1.54. The minimum atomic E-state index is -0.209. The lowest BCUT2D eigenvalue weighted by molar-refractivity contribution is 0.0819. The first-order chi connectivity index (χ1) is 16.0. The molecule has 0 radical (unpaired) electrons. The second-order valence-electron chi connectivity index (χ2n) is 7.98. The Hall–Kier alpha value is -3.94. The van der Waals surface area contributed by atoms with E-state index in [-0.39, 0.29) is 17.6 Å². The smallest absolute Gasteiger partial charge is 0.274 e. The normalized spacial score (nSPS) is 16.8. The molecule has 33 heavy (non-hydrogen) atoms. The van der Waals surface area contributed by atoms with Gasteiger partial charge in [-0.3, -0.25) is 9.59 Å². The van der Waals surface area contributed by atoms with Crippen molar-refractivity contribution in [1.29, 1.82) is 0 Å². The summed E-state index contributed by atoms with van der Waals surface area (Å²) in [5.74, 6) is 1.76. The van der Waals surface area contributed by atoms with E-state index in [1.54, 1.807) is 49.5 Å². The van der Waals surface area contributed by atoms with E-state index < -0.39 is 0 Å². The van der Waals surface area contributed by atoms with E-state index in [1.165, 1.54) is 14.2 Å². The molecule has 170 valence electrons. The fourth-order valence-corrected chi connectivity index (χ4v) is 4.83. The highest BCUT2D eigenvalue weighted by Gasteiger charge is 2.39. The summed E-state index contributed by atoms with van der Waals surface area (Å²) in [6.45, 7) is 0.512. The number of ketones is 1. The molecule has 2 aromatic carbocycles. The highest BCUT2D eigenvalue weighted by molar-refractivity contribution is 6.09. The fourth-order valence-electron chi connectivity index (χ4n) is 4.83. The van der Waals surface area contributed by atoms with Crippen molar-refractivity contribution in [2.24, 2.45) is 0 Å². The van der Waals surface area contributed by atoms with Crippen LogP contribution in [0.5, 0.6) is 23.0 Å². The van der Waals surface area contributed by atoms with Gasteiger partial charge >= 0.3 is 0 Å². The number of aromatic nitrogens is 1. The molecule has 1 aromatic heterocycles. The van der Waals surface area contributed by atoms with Crippen molar-refractivity contribution in [2.45, 2.75) is 12.3 Å². The van der Waals surface area contributed by atoms with Crippen LogP contribution in [0.4, 0.5) is 0 Å². The molecule has 1 aliphatic heterocycles. The van der Waals surface area contributed by atoms with Crippen molar-refractivity contribution >= 4 is 22.6 Å². The third kappa shape index (κ3) is 3.13. The molecule has 8 nitrogen and oxygen atoms in total. The van der Waals surface area contributed by atoms with Gasteiger partial charge in [-0.15, -0.1) is 0 Å². The van der Waals surface area contributed by atoms with Crippen molar-refractivity contribution in [3.8, 4) is 23.0 Å². The zero-order valence-corrected chi connectivity index (χ0v) is 18.9. The van der Waals surface area contributed by atoms with Gasteiger partial charge in [0.1, 0.15) is 11.4 Å². The maximum atomic E-state index is 13.5. The van der Waals surface area contributed by atoms with E-state index in [0.29, 0.717) is 52.0 Å². The van der Waals surface area contributed by atoms with Crippen LogP contribution in [0.1, 0.15) is 38.7 Å². The topological polar surface area (TPSA) is 90.1 Å². The second kappa shape index (κ2) is 7.88. The molecule has 1 aliphatic carbocycles. The van der Waals surface area contributed by atoms with Gasteiger partial charge in [-0.25, -0.2) is 0 Å². The zero-order chi connectivity index (χ0) is 23.3. The maximum absolute atomic E-state index is 13.5. The monoisotopic (exact) mass is 448 g/mol. The van der Waals surface area contributed by atoms with Crippen LogP contribution >= 0.6 is 0 Å². The SMILES string of the molecule is COc1ccc2c(c1)C1CCN(C(=O)c3cc4cc(OC)c(OC)c(OC)c4[nH]3)C1=CC2=O. The predicted octanol–water partition coefficient (Wildman–Crippen LogP) is 3.91. The molecule has 0 bridgehead atoms. The molecular weight excluding hydrogens is 424 g/mol. The number of ether oxygens (including phenoxy) is 4. The molecule has 1 fully saturated rings. The molecule has 1 N–H and O–H groups in total. The number of benzene rings is 2. The van der Waals surface area contributed by atoms with Gasteiger partial charge in [0.05, 0.1) is 34.0 Å². The van der Waals surface area contributed by atoms with E-state index in [2.05, 4.69) is 4.98 Å². The van der Waals surface area contributed by atoms with Crippen molar-refractivity contribution < 1.29 is 28.5 Å². The largest absolute Gasteiger partial charge is 0.497 e. The lowest BCUT2D eigenvalue weighted by Gasteiger charge is -2.25. The van der Waals surface area contributed by atoms with Crippen LogP contribution in [-0.4, -0.2) is 56.6 Å². The number of amides is 1. The molecule has 1 amide bonds. The van der Waals surface area contributed by atoms with Gasteiger partial charge in [-0.2, -0.15) is 0 Å². The number of hydrogen-bond acceptors (Lipinski definition) is 6. The number of nitrogens with one attached hydrogen (secondary N) is 1. The summed E-state index contributed by atoms with van der Waals surface area (Å²) in [5.41, 5.74) is 3.31. The average Bonchev–Trinajstić information content (AvgIpc) is 3.46. The Bertz CT molecular complexity index is 1320. The first-order valence-electron chi connectivity index (χ1n) is 10.6. The van der Waals surface area contributed by atoms with Crippen LogP contribution in [-0.2, 0) is 0 Å². The molecule has 0 spiro atoms. The third-order valence-corrected chi connectivity index (χ3v) is 6.38. The lowest BCUT2D eigenvalue weighted by atomic mass is 9.84. The van der Waals surface area contributed by atoms with Gasteiger partial charge in [0.25, 0.3) is 5.91 Å². The number of hydrogen-bond donors (Lipinski definition) is 1. The number of H-pyrrole nitrogens is 1. The zero-order valence-electron chi connectivity index (χ0n) is 18.9. The van der Waals surface area contributed by atoms with Crippen LogP contribution in [0, 0.1) is 0 Å². The molecule has 2 aliphatic rings. The van der Waals surface area contributed by atoms with Gasteiger partial charge in [0.2, 0.25) is 5.75 Å². The Morgan fingerprint density at radius 3 is 2.48 bits per heavy atom. The number of likely N-dealkylation sites (tertiary alicyclic amines) is 1. The Morgan fingerprint density at radius 2 is 1.79 bits per heavy atom. The van der Waals surface area contributed by atoms with Gasteiger partial charge in [-0.1, -0.05) is 0 Å². The van der Waals surface area contributed by atoms with Crippen LogP contribution < -0.4 is 18.9 Å². The Morgan fingerprint density at radius 1 is 1.00 bits per heavy atom. The first kappa shape index (κ1) is 20.9. The Labute approximate surface area is 190 Å². The van der Waals surface area contributed by atoms with E-state index in [1.807, 2.05) is 6.07 Å². The fraction of sp³-hybridized carbons (Fsp3) is 0.280. The molecule has 2 heterocycles. The number of methoxy groups -OCH3 is 4. The van der Waals surface area contributed by atoms with Gasteiger partial charge in [-0.05, 0) is 42.3 Å². The summed E-state index contributed by atoms with van der Waals surface area (Å²) in [6, 6.07) is 9.03. The molecule has 1 atom stereocenters. The van der Waals surface area contributed by atoms with E-state index >= 15 is 0 Å². The molecule has 1 unspecified atom stereocenters.